The summed E-state index contributed by atoms with van der Waals surface area (Å²) in [4.78, 5) is 8.61. The van der Waals surface area contributed by atoms with Gasteiger partial charge in [-0.15, -0.1) is 0 Å². The van der Waals surface area contributed by atoms with E-state index in [1.807, 2.05) is 67.6 Å². The number of ether oxygens (including phenoxy) is 1. The molecule has 0 aliphatic heterocycles. The number of hydrogen-bond acceptors (Lipinski definition) is 3. The fourth-order valence-electron chi connectivity index (χ4n) is 2.73. The monoisotopic (exact) mass is 373 g/mol. The Bertz CT molecular complexity index is 906. The standard InChI is InChI=1S/C24H27N3O/c1-6-8-9-18(7-2)17-27-24(26-4)22-15-12-20(16-23(22)25-3)19-10-13-21(28-5)14-11-19/h6-16H,2-3,17H2,1,4-5H3,(H,26,27)/b8-6-,18-9+. The number of hydrogen-bond donors (Lipinski definition) is 1. The number of allylic oxidation sites excluding steroid dienone is 3. The summed E-state index contributed by atoms with van der Waals surface area (Å²) in [5.74, 6) is 1.59. The maximum Gasteiger partial charge on any atom is 0.130 e. The zero-order valence-electron chi connectivity index (χ0n) is 16.8. The third-order valence-corrected chi connectivity index (χ3v) is 4.30. The maximum absolute atomic E-state index is 5.23. The second-order valence-electron chi connectivity index (χ2n) is 6.02. The van der Waals surface area contributed by atoms with Crippen LogP contribution in [0, 0.1) is 0 Å². The van der Waals surface area contributed by atoms with Gasteiger partial charge in [0.15, 0.2) is 0 Å². The summed E-state index contributed by atoms with van der Waals surface area (Å²) in [7, 11) is 3.42. The van der Waals surface area contributed by atoms with Crippen molar-refractivity contribution in [3.8, 4) is 16.9 Å². The number of benzene rings is 2. The highest BCUT2D eigenvalue weighted by Crippen LogP contribution is 2.29. The summed E-state index contributed by atoms with van der Waals surface area (Å²) in [5, 5.41) is 3.37. The molecule has 2 aromatic carbocycles. The van der Waals surface area contributed by atoms with Crippen molar-refractivity contribution >= 4 is 18.2 Å². The second kappa shape index (κ2) is 10.7. The fraction of sp³-hybridized carbons (Fsp3) is 0.167. The Morgan fingerprint density at radius 3 is 2.43 bits per heavy atom. The predicted octanol–water partition coefficient (Wildman–Crippen LogP) is 5.35. The van der Waals surface area contributed by atoms with E-state index in [1.54, 1.807) is 14.2 Å². The normalized spacial score (nSPS) is 12.1. The van der Waals surface area contributed by atoms with Gasteiger partial charge in [-0.25, -0.2) is 0 Å². The van der Waals surface area contributed by atoms with Gasteiger partial charge in [0.1, 0.15) is 11.6 Å². The van der Waals surface area contributed by atoms with Crippen LogP contribution in [0.5, 0.6) is 5.75 Å². The molecule has 0 atom stereocenters. The first-order valence-electron chi connectivity index (χ1n) is 9.07. The van der Waals surface area contributed by atoms with Crippen molar-refractivity contribution in [1.29, 1.82) is 0 Å². The highest BCUT2D eigenvalue weighted by Gasteiger charge is 2.10. The molecule has 0 saturated heterocycles. The van der Waals surface area contributed by atoms with Crippen molar-refractivity contribution in [2.75, 3.05) is 20.7 Å². The van der Waals surface area contributed by atoms with Crippen LogP contribution < -0.4 is 10.1 Å². The lowest BCUT2D eigenvalue weighted by molar-refractivity contribution is 0.415. The lowest BCUT2D eigenvalue weighted by Crippen LogP contribution is -2.26. The van der Waals surface area contributed by atoms with E-state index in [0.717, 1.165) is 39.5 Å². The largest absolute Gasteiger partial charge is 0.497 e. The van der Waals surface area contributed by atoms with E-state index in [-0.39, 0.29) is 0 Å². The molecule has 0 aromatic heterocycles. The number of nitrogens with one attached hydrogen (secondary N) is 1. The Hall–Kier alpha value is -3.40. The molecule has 0 fully saturated rings. The van der Waals surface area contributed by atoms with Gasteiger partial charge in [-0.2, -0.15) is 0 Å². The Morgan fingerprint density at radius 1 is 1.14 bits per heavy atom. The molecule has 2 aromatic rings. The van der Waals surface area contributed by atoms with Gasteiger partial charge >= 0.3 is 0 Å². The van der Waals surface area contributed by atoms with Crippen LogP contribution in [0.4, 0.5) is 5.69 Å². The number of nitrogens with zero attached hydrogens (tertiary/aromatic N) is 2. The van der Waals surface area contributed by atoms with Crippen LogP contribution in [0.15, 0.2) is 88.9 Å². The van der Waals surface area contributed by atoms with Crippen LogP contribution in [0.2, 0.25) is 0 Å². The Morgan fingerprint density at radius 2 is 1.86 bits per heavy atom. The summed E-state index contributed by atoms with van der Waals surface area (Å²) in [6.45, 7) is 10.2. The summed E-state index contributed by atoms with van der Waals surface area (Å²) < 4.78 is 5.23. The van der Waals surface area contributed by atoms with Crippen LogP contribution in [0.25, 0.3) is 11.1 Å². The summed E-state index contributed by atoms with van der Waals surface area (Å²) >= 11 is 0. The van der Waals surface area contributed by atoms with E-state index in [1.165, 1.54) is 0 Å². The average Bonchev–Trinajstić information content (AvgIpc) is 2.76. The minimum Gasteiger partial charge on any atom is -0.497 e. The third-order valence-electron chi connectivity index (χ3n) is 4.30. The summed E-state index contributed by atoms with van der Waals surface area (Å²) in [5.41, 5.74) is 4.90. The molecule has 0 spiro atoms. The quantitative estimate of drug-likeness (QED) is 0.385. The van der Waals surface area contributed by atoms with Crippen LogP contribution in [-0.2, 0) is 0 Å². The van der Waals surface area contributed by atoms with Crippen LogP contribution in [-0.4, -0.2) is 33.3 Å². The Kier molecular flexibility index (Phi) is 7.97. The molecule has 0 aliphatic carbocycles. The number of methoxy groups -OCH3 is 1. The van der Waals surface area contributed by atoms with Crippen LogP contribution in [0.3, 0.4) is 0 Å². The molecule has 1 N–H and O–H groups in total. The second-order valence-corrected chi connectivity index (χ2v) is 6.02. The third kappa shape index (κ3) is 5.30. The summed E-state index contributed by atoms with van der Waals surface area (Å²) in [6.07, 6.45) is 7.82. The van der Waals surface area contributed by atoms with Gasteiger partial charge < -0.3 is 10.1 Å². The molecular weight excluding hydrogens is 346 g/mol. The average molecular weight is 374 g/mol. The highest BCUT2D eigenvalue weighted by atomic mass is 16.5. The molecule has 4 nitrogen and oxygen atoms in total. The smallest absolute Gasteiger partial charge is 0.130 e. The number of rotatable bonds is 8. The molecular formula is C24H27N3O. The fourth-order valence-corrected chi connectivity index (χ4v) is 2.73. The molecule has 2 rings (SSSR count). The molecule has 0 unspecified atom stereocenters. The first-order chi connectivity index (χ1) is 13.7. The topological polar surface area (TPSA) is 46.0 Å². The minimum absolute atomic E-state index is 0.622. The number of aliphatic imine (C=N–C) groups is 2. The Labute approximate surface area is 167 Å². The van der Waals surface area contributed by atoms with E-state index in [4.69, 9.17) is 4.74 Å². The first-order valence-corrected chi connectivity index (χ1v) is 9.07. The molecule has 4 heteroatoms. The van der Waals surface area contributed by atoms with Crippen LogP contribution >= 0.6 is 0 Å². The van der Waals surface area contributed by atoms with Crippen molar-refractivity contribution in [2.45, 2.75) is 6.92 Å². The minimum atomic E-state index is 0.622. The molecule has 0 bridgehead atoms. The lowest BCUT2D eigenvalue weighted by Gasteiger charge is -2.14. The van der Waals surface area contributed by atoms with Crippen molar-refractivity contribution in [3.63, 3.8) is 0 Å². The molecule has 28 heavy (non-hydrogen) atoms. The van der Waals surface area contributed by atoms with Gasteiger partial charge in [-0.3, -0.25) is 9.98 Å². The predicted molar refractivity (Wildman–Crippen MR) is 121 cm³/mol. The molecule has 0 aliphatic rings. The molecule has 0 heterocycles. The first kappa shape index (κ1) is 20.9. The van der Waals surface area contributed by atoms with Gasteiger partial charge in [0.05, 0.1) is 12.8 Å². The molecule has 0 saturated carbocycles. The zero-order chi connectivity index (χ0) is 20.4. The summed E-state index contributed by atoms with van der Waals surface area (Å²) in [6, 6.07) is 14.0. The molecule has 0 radical (unpaired) electrons. The van der Waals surface area contributed by atoms with Gasteiger partial charge in [0.25, 0.3) is 0 Å². The van der Waals surface area contributed by atoms with E-state index >= 15 is 0 Å². The van der Waals surface area contributed by atoms with Gasteiger partial charge in [-0.1, -0.05) is 49.1 Å². The van der Waals surface area contributed by atoms with Crippen molar-refractivity contribution in [2.24, 2.45) is 9.98 Å². The van der Waals surface area contributed by atoms with E-state index in [0.29, 0.717) is 6.54 Å². The highest BCUT2D eigenvalue weighted by molar-refractivity contribution is 6.04. The zero-order valence-corrected chi connectivity index (χ0v) is 16.8. The van der Waals surface area contributed by atoms with E-state index in [9.17, 15) is 0 Å². The lowest BCUT2D eigenvalue weighted by atomic mass is 10.0. The van der Waals surface area contributed by atoms with Gasteiger partial charge in [0, 0.05) is 19.2 Å². The SMILES string of the molecule is C=C/C(=C\C=C/C)CNC(=NC)c1ccc(-c2ccc(OC)cc2)cc1N=C. The van der Waals surface area contributed by atoms with Crippen molar-refractivity contribution < 1.29 is 4.74 Å². The maximum atomic E-state index is 5.23. The van der Waals surface area contributed by atoms with Gasteiger partial charge in [0.2, 0.25) is 0 Å². The molecule has 0 amide bonds. The molecule has 144 valence electrons. The van der Waals surface area contributed by atoms with E-state index < -0.39 is 0 Å². The Balaban J connectivity index is 2.28. The van der Waals surface area contributed by atoms with Crippen molar-refractivity contribution in [1.82, 2.24) is 5.32 Å². The van der Waals surface area contributed by atoms with Gasteiger partial charge in [-0.05, 0) is 54.6 Å². The van der Waals surface area contributed by atoms with E-state index in [2.05, 4.69) is 34.7 Å². The number of amidine groups is 1. The van der Waals surface area contributed by atoms with Crippen molar-refractivity contribution in [3.05, 3.63) is 84.5 Å². The van der Waals surface area contributed by atoms with Crippen LogP contribution in [0.1, 0.15) is 12.5 Å².